The van der Waals surface area contributed by atoms with Gasteiger partial charge in [0.05, 0.1) is 17.5 Å². The fraction of sp³-hybridized carbons (Fsp3) is 0.118. The van der Waals surface area contributed by atoms with Crippen LogP contribution in [0.4, 0.5) is 18.9 Å². The van der Waals surface area contributed by atoms with Crippen LogP contribution in [0.2, 0.25) is 0 Å². The van der Waals surface area contributed by atoms with E-state index in [0.29, 0.717) is 28.8 Å². The van der Waals surface area contributed by atoms with E-state index in [0.717, 1.165) is 0 Å². The lowest BCUT2D eigenvalue weighted by atomic mass is 10.1. The maximum Gasteiger partial charge on any atom is 0.398 e. The molecule has 0 aliphatic carbocycles. The number of oxazole rings is 1. The maximum atomic E-state index is 12.5. The monoisotopic (exact) mass is 379 g/mol. The van der Waals surface area contributed by atoms with Gasteiger partial charge in [-0.15, -0.1) is 0 Å². The Morgan fingerprint density at radius 3 is 2.81 bits per heavy atom. The van der Waals surface area contributed by atoms with Gasteiger partial charge in [-0.05, 0) is 24.3 Å². The van der Waals surface area contributed by atoms with Gasteiger partial charge in [0.15, 0.2) is 12.2 Å². The Kier molecular flexibility index (Phi) is 5.27. The molecule has 0 saturated carbocycles. The number of carbonyl (C=O) groups is 1. The molecule has 1 amide bonds. The zero-order valence-corrected chi connectivity index (χ0v) is 14.0. The summed E-state index contributed by atoms with van der Waals surface area (Å²) >= 11 is 0.474. The number of benzene rings is 1. The van der Waals surface area contributed by atoms with Crippen molar-refractivity contribution in [1.29, 1.82) is 0 Å². The summed E-state index contributed by atoms with van der Waals surface area (Å²) in [5.41, 5.74) is 1.25. The molecule has 26 heavy (non-hydrogen) atoms. The number of hydrogen-bond donors (Lipinski definition) is 1. The van der Waals surface area contributed by atoms with Crippen molar-refractivity contribution >= 4 is 23.4 Å². The van der Waals surface area contributed by atoms with Crippen LogP contribution >= 0.6 is 11.8 Å². The Morgan fingerprint density at radius 2 is 2.08 bits per heavy atom. The van der Waals surface area contributed by atoms with Crippen molar-refractivity contribution in [3.8, 4) is 11.3 Å². The van der Waals surface area contributed by atoms with Crippen LogP contribution in [0.5, 0.6) is 0 Å². The third kappa shape index (κ3) is 4.63. The Hall–Kier alpha value is -2.81. The van der Waals surface area contributed by atoms with Gasteiger partial charge in [0.2, 0.25) is 0 Å². The first kappa shape index (κ1) is 18.0. The average Bonchev–Trinajstić information content (AvgIpc) is 3.14. The molecule has 9 heteroatoms. The van der Waals surface area contributed by atoms with Crippen LogP contribution in [0.15, 0.2) is 64.6 Å². The smallest absolute Gasteiger partial charge is 0.398 e. The van der Waals surface area contributed by atoms with Crippen LogP contribution < -0.4 is 5.32 Å². The van der Waals surface area contributed by atoms with Crippen molar-refractivity contribution in [3.05, 3.63) is 60.7 Å². The molecule has 2 aromatic heterocycles. The van der Waals surface area contributed by atoms with Crippen LogP contribution in [0.1, 0.15) is 10.4 Å². The highest BCUT2D eigenvalue weighted by Crippen LogP contribution is 2.29. The summed E-state index contributed by atoms with van der Waals surface area (Å²) in [5, 5.41) is 2.68. The van der Waals surface area contributed by atoms with Gasteiger partial charge >= 0.3 is 6.18 Å². The molecule has 0 unspecified atom stereocenters. The van der Waals surface area contributed by atoms with Crippen LogP contribution in [0.25, 0.3) is 11.3 Å². The van der Waals surface area contributed by atoms with E-state index in [9.17, 15) is 18.0 Å². The molecule has 5 nitrogen and oxygen atoms in total. The van der Waals surface area contributed by atoms with Crippen molar-refractivity contribution in [1.82, 2.24) is 9.97 Å². The van der Waals surface area contributed by atoms with Gasteiger partial charge in [-0.2, -0.15) is 13.2 Å². The number of nitrogens with one attached hydrogen (secondary N) is 1. The number of alkyl halides is 3. The van der Waals surface area contributed by atoms with Crippen molar-refractivity contribution < 1.29 is 22.4 Å². The molecule has 2 heterocycles. The van der Waals surface area contributed by atoms with E-state index >= 15 is 0 Å². The topological polar surface area (TPSA) is 68.0 Å². The Morgan fingerprint density at radius 1 is 1.23 bits per heavy atom. The number of carbonyl (C=O) groups excluding carboxylic acids is 1. The highest BCUT2D eigenvalue weighted by molar-refractivity contribution is 7.99. The van der Waals surface area contributed by atoms with E-state index in [-0.39, 0.29) is 10.6 Å². The molecule has 3 rings (SSSR count). The summed E-state index contributed by atoms with van der Waals surface area (Å²) in [4.78, 5) is 20.2. The minimum atomic E-state index is -4.35. The van der Waals surface area contributed by atoms with Gasteiger partial charge < -0.3 is 9.73 Å². The summed E-state index contributed by atoms with van der Waals surface area (Å²) in [5.74, 6) is -1.13. The molecule has 0 aliphatic rings. The summed E-state index contributed by atoms with van der Waals surface area (Å²) < 4.78 is 42.5. The molecular formula is C17H12F3N3O2S. The molecular weight excluding hydrogens is 367 g/mol. The highest BCUT2D eigenvalue weighted by atomic mass is 32.2. The lowest BCUT2D eigenvalue weighted by Gasteiger charge is -2.10. The minimum Gasteiger partial charge on any atom is -0.444 e. The standard InChI is InChI=1S/C17H12F3N3O2S/c18-17(19,20)9-26-16-13(5-2-6-22-16)15(24)23-12-4-1-3-11(7-12)14-8-21-10-25-14/h1-8,10H,9H2,(H,23,24). The summed E-state index contributed by atoms with van der Waals surface area (Å²) in [6.07, 6.45) is -0.171. The Bertz CT molecular complexity index is 898. The number of thioether (sulfide) groups is 1. The number of amides is 1. The van der Waals surface area contributed by atoms with Gasteiger partial charge in [0.25, 0.3) is 5.91 Å². The van der Waals surface area contributed by atoms with E-state index in [1.54, 1.807) is 24.3 Å². The van der Waals surface area contributed by atoms with Crippen LogP contribution in [0.3, 0.4) is 0 Å². The first-order valence-corrected chi connectivity index (χ1v) is 8.36. The molecule has 1 aromatic carbocycles. The van der Waals surface area contributed by atoms with Gasteiger partial charge in [-0.1, -0.05) is 23.9 Å². The molecule has 1 N–H and O–H groups in total. The second-order valence-electron chi connectivity index (χ2n) is 5.16. The maximum absolute atomic E-state index is 12.5. The summed E-state index contributed by atoms with van der Waals surface area (Å²) in [6.45, 7) is 0. The molecule has 0 spiro atoms. The summed E-state index contributed by atoms with van der Waals surface area (Å²) in [6, 6.07) is 9.77. The number of nitrogens with zero attached hydrogens (tertiary/aromatic N) is 2. The second kappa shape index (κ2) is 7.61. The number of pyridine rings is 1. The molecule has 0 atom stereocenters. The van der Waals surface area contributed by atoms with Gasteiger partial charge in [0, 0.05) is 17.4 Å². The summed E-state index contributed by atoms with van der Waals surface area (Å²) in [7, 11) is 0. The number of hydrogen-bond acceptors (Lipinski definition) is 5. The molecule has 3 aromatic rings. The van der Waals surface area contributed by atoms with E-state index in [2.05, 4.69) is 15.3 Å². The highest BCUT2D eigenvalue weighted by Gasteiger charge is 2.28. The first-order chi connectivity index (χ1) is 12.4. The Labute approximate surface area is 150 Å². The number of anilines is 1. The van der Waals surface area contributed by atoms with Crippen molar-refractivity contribution in [2.24, 2.45) is 0 Å². The van der Waals surface area contributed by atoms with Crippen LogP contribution in [-0.2, 0) is 0 Å². The molecule has 0 radical (unpaired) electrons. The predicted molar refractivity (Wildman–Crippen MR) is 90.9 cm³/mol. The van der Waals surface area contributed by atoms with Crippen molar-refractivity contribution in [2.75, 3.05) is 11.1 Å². The van der Waals surface area contributed by atoms with Crippen LogP contribution in [0, 0.1) is 0 Å². The minimum absolute atomic E-state index is 0.0220. The number of aromatic nitrogens is 2. The van der Waals surface area contributed by atoms with E-state index in [1.165, 1.54) is 30.9 Å². The van der Waals surface area contributed by atoms with Crippen molar-refractivity contribution in [2.45, 2.75) is 11.2 Å². The van der Waals surface area contributed by atoms with E-state index < -0.39 is 17.8 Å². The van der Waals surface area contributed by atoms with E-state index in [1.807, 2.05) is 0 Å². The first-order valence-electron chi connectivity index (χ1n) is 7.37. The van der Waals surface area contributed by atoms with Gasteiger partial charge in [0.1, 0.15) is 5.03 Å². The van der Waals surface area contributed by atoms with Gasteiger partial charge in [-0.25, -0.2) is 9.97 Å². The zero-order valence-electron chi connectivity index (χ0n) is 13.2. The zero-order chi connectivity index (χ0) is 18.6. The molecule has 0 fully saturated rings. The normalized spacial score (nSPS) is 11.3. The lowest BCUT2D eigenvalue weighted by molar-refractivity contribution is -0.105. The lowest BCUT2D eigenvalue weighted by Crippen LogP contribution is -2.15. The van der Waals surface area contributed by atoms with E-state index in [4.69, 9.17) is 4.42 Å². The third-order valence-corrected chi connectivity index (χ3v) is 4.30. The largest absolute Gasteiger partial charge is 0.444 e. The number of rotatable bonds is 5. The number of halogens is 3. The SMILES string of the molecule is O=C(Nc1cccc(-c2cnco2)c1)c1cccnc1SCC(F)(F)F. The predicted octanol–water partition coefficient (Wildman–Crippen LogP) is 4.64. The van der Waals surface area contributed by atoms with Crippen LogP contribution in [-0.4, -0.2) is 27.8 Å². The van der Waals surface area contributed by atoms with Gasteiger partial charge in [-0.3, -0.25) is 4.79 Å². The quantitative estimate of drug-likeness (QED) is 0.654. The van der Waals surface area contributed by atoms with Crippen molar-refractivity contribution in [3.63, 3.8) is 0 Å². The molecule has 0 aliphatic heterocycles. The molecule has 0 bridgehead atoms. The Balaban J connectivity index is 1.78. The fourth-order valence-corrected chi connectivity index (χ4v) is 2.89. The molecule has 134 valence electrons. The molecule has 0 saturated heterocycles. The third-order valence-electron chi connectivity index (χ3n) is 3.23. The second-order valence-corrected chi connectivity index (χ2v) is 6.12. The average molecular weight is 379 g/mol. The fourth-order valence-electron chi connectivity index (χ4n) is 2.14.